The van der Waals surface area contributed by atoms with Crippen molar-refractivity contribution in [3.8, 4) is 0 Å². The van der Waals surface area contributed by atoms with Crippen LogP contribution in [0, 0.1) is 13.8 Å². The van der Waals surface area contributed by atoms with Crippen LogP contribution in [0.5, 0.6) is 0 Å². The van der Waals surface area contributed by atoms with Crippen molar-refractivity contribution in [2.75, 3.05) is 0 Å². The van der Waals surface area contributed by atoms with E-state index in [0.717, 1.165) is 5.56 Å². The quantitative estimate of drug-likeness (QED) is 0.896. The Kier molecular flexibility index (Phi) is 4.12. The molecule has 1 N–H and O–H groups in total. The number of hydrogen-bond acceptors (Lipinski definition) is 2. The van der Waals surface area contributed by atoms with Gasteiger partial charge in [-0.15, -0.1) is 0 Å². The number of amides is 2. The average molecular weight is 274 g/mol. The van der Waals surface area contributed by atoms with E-state index in [1.54, 1.807) is 11.8 Å². The van der Waals surface area contributed by atoms with Gasteiger partial charge in [0.05, 0.1) is 0 Å². The molecule has 1 aromatic rings. The Morgan fingerprint density at radius 3 is 2.35 bits per heavy atom. The normalized spacial score (nSPS) is 23.5. The number of benzene rings is 1. The Morgan fingerprint density at radius 2 is 1.75 bits per heavy atom. The highest BCUT2D eigenvalue weighted by Crippen LogP contribution is 2.17. The number of aryl methyl sites for hydroxylation is 2. The van der Waals surface area contributed by atoms with Crippen molar-refractivity contribution >= 4 is 11.8 Å². The van der Waals surface area contributed by atoms with Crippen molar-refractivity contribution < 1.29 is 9.59 Å². The lowest BCUT2D eigenvalue weighted by Crippen LogP contribution is -2.44. The fourth-order valence-corrected chi connectivity index (χ4v) is 2.80. The summed E-state index contributed by atoms with van der Waals surface area (Å²) in [5, 5.41) is 2.73. The third kappa shape index (κ3) is 3.18. The molecule has 2 atom stereocenters. The first kappa shape index (κ1) is 14.6. The SMILES string of the molecule is Cc1cc(C)cc(CN2C(=O)C(C)NC(=O)CC2C)c1. The predicted octanol–water partition coefficient (Wildman–Crippen LogP) is 1.93. The van der Waals surface area contributed by atoms with Crippen LogP contribution in [0.3, 0.4) is 0 Å². The maximum atomic E-state index is 12.4. The lowest BCUT2D eigenvalue weighted by Gasteiger charge is -2.28. The molecular formula is C16H22N2O2. The molecule has 0 radical (unpaired) electrons. The molecule has 0 aliphatic carbocycles. The minimum Gasteiger partial charge on any atom is -0.345 e. The summed E-state index contributed by atoms with van der Waals surface area (Å²) in [6.07, 6.45) is 0.362. The standard InChI is InChI=1S/C16H22N2O2/c1-10-5-11(2)7-14(6-10)9-18-12(3)8-15(19)17-13(4)16(18)20/h5-7,12-13H,8-9H2,1-4H3,(H,17,19). The van der Waals surface area contributed by atoms with Crippen LogP contribution in [0.1, 0.15) is 37.0 Å². The van der Waals surface area contributed by atoms with Gasteiger partial charge in [0.2, 0.25) is 11.8 Å². The smallest absolute Gasteiger partial charge is 0.245 e. The van der Waals surface area contributed by atoms with Crippen molar-refractivity contribution in [1.82, 2.24) is 10.2 Å². The van der Waals surface area contributed by atoms with Gasteiger partial charge in [-0.1, -0.05) is 29.3 Å². The van der Waals surface area contributed by atoms with Gasteiger partial charge in [-0.25, -0.2) is 0 Å². The van der Waals surface area contributed by atoms with Crippen LogP contribution in [0.4, 0.5) is 0 Å². The van der Waals surface area contributed by atoms with Crippen molar-refractivity contribution in [2.45, 2.75) is 52.7 Å². The van der Waals surface area contributed by atoms with E-state index in [1.165, 1.54) is 11.1 Å². The van der Waals surface area contributed by atoms with E-state index in [4.69, 9.17) is 0 Å². The maximum absolute atomic E-state index is 12.4. The van der Waals surface area contributed by atoms with Crippen molar-refractivity contribution in [2.24, 2.45) is 0 Å². The summed E-state index contributed by atoms with van der Waals surface area (Å²) in [7, 11) is 0. The molecule has 20 heavy (non-hydrogen) atoms. The third-order valence-electron chi connectivity index (χ3n) is 3.68. The molecule has 1 heterocycles. The second-order valence-corrected chi connectivity index (χ2v) is 5.80. The topological polar surface area (TPSA) is 49.4 Å². The molecule has 0 bridgehead atoms. The zero-order valence-electron chi connectivity index (χ0n) is 12.6. The first-order chi connectivity index (χ1) is 9.36. The molecule has 0 saturated carbocycles. The average Bonchev–Trinajstić information content (AvgIpc) is 2.40. The Labute approximate surface area is 120 Å². The summed E-state index contributed by atoms with van der Waals surface area (Å²) in [5.74, 6) is -0.0659. The molecule has 108 valence electrons. The Balaban J connectivity index is 2.25. The summed E-state index contributed by atoms with van der Waals surface area (Å²) in [5.41, 5.74) is 3.50. The number of carbonyl (C=O) groups excluding carboxylic acids is 2. The lowest BCUT2D eigenvalue weighted by atomic mass is 10.1. The molecule has 2 amide bonds. The van der Waals surface area contributed by atoms with Crippen LogP contribution in [-0.4, -0.2) is 28.8 Å². The van der Waals surface area contributed by atoms with E-state index in [1.807, 2.05) is 6.92 Å². The molecule has 0 aromatic heterocycles. The molecule has 2 rings (SSSR count). The highest BCUT2D eigenvalue weighted by molar-refractivity contribution is 5.90. The highest BCUT2D eigenvalue weighted by Gasteiger charge is 2.31. The lowest BCUT2D eigenvalue weighted by molar-refractivity contribution is -0.135. The van der Waals surface area contributed by atoms with Gasteiger partial charge in [-0.05, 0) is 33.3 Å². The van der Waals surface area contributed by atoms with Crippen LogP contribution in [-0.2, 0) is 16.1 Å². The van der Waals surface area contributed by atoms with Crippen molar-refractivity contribution in [1.29, 1.82) is 0 Å². The molecule has 2 unspecified atom stereocenters. The van der Waals surface area contributed by atoms with Gasteiger partial charge in [0.1, 0.15) is 6.04 Å². The van der Waals surface area contributed by atoms with Gasteiger partial charge in [0.15, 0.2) is 0 Å². The molecule has 1 aliphatic heterocycles. The highest BCUT2D eigenvalue weighted by atomic mass is 16.2. The summed E-state index contributed by atoms with van der Waals surface area (Å²) in [6.45, 7) is 8.34. The Bertz CT molecular complexity index is 519. The fraction of sp³-hybridized carbons (Fsp3) is 0.500. The second-order valence-electron chi connectivity index (χ2n) is 5.80. The molecular weight excluding hydrogens is 252 g/mol. The zero-order chi connectivity index (χ0) is 14.9. The van der Waals surface area contributed by atoms with Crippen LogP contribution in [0.15, 0.2) is 18.2 Å². The van der Waals surface area contributed by atoms with Crippen molar-refractivity contribution in [3.05, 3.63) is 34.9 Å². The minimum absolute atomic E-state index is 0.0116. The fourth-order valence-electron chi connectivity index (χ4n) is 2.80. The number of carbonyl (C=O) groups is 2. The van der Waals surface area contributed by atoms with Crippen LogP contribution >= 0.6 is 0 Å². The maximum Gasteiger partial charge on any atom is 0.245 e. The summed E-state index contributed by atoms with van der Waals surface area (Å²) in [6, 6.07) is 5.78. The number of nitrogens with zero attached hydrogens (tertiary/aromatic N) is 1. The Hall–Kier alpha value is -1.84. The molecule has 1 aliphatic rings. The number of rotatable bonds is 2. The van der Waals surface area contributed by atoms with Crippen molar-refractivity contribution in [3.63, 3.8) is 0 Å². The van der Waals surface area contributed by atoms with E-state index in [2.05, 4.69) is 37.4 Å². The van der Waals surface area contributed by atoms with Gasteiger partial charge in [-0.2, -0.15) is 0 Å². The monoisotopic (exact) mass is 274 g/mol. The third-order valence-corrected chi connectivity index (χ3v) is 3.68. The Morgan fingerprint density at radius 1 is 1.15 bits per heavy atom. The molecule has 1 saturated heterocycles. The number of hydrogen-bond donors (Lipinski definition) is 1. The summed E-state index contributed by atoms with van der Waals surface area (Å²) in [4.78, 5) is 25.9. The van der Waals surface area contributed by atoms with Gasteiger partial charge >= 0.3 is 0 Å². The largest absolute Gasteiger partial charge is 0.345 e. The first-order valence-electron chi connectivity index (χ1n) is 7.04. The second kappa shape index (κ2) is 5.65. The van der Waals surface area contributed by atoms with Crippen LogP contribution in [0.25, 0.3) is 0 Å². The van der Waals surface area contributed by atoms with E-state index in [0.29, 0.717) is 13.0 Å². The van der Waals surface area contributed by atoms with Gasteiger partial charge in [0, 0.05) is 19.0 Å². The minimum atomic E-state index is -0.446. The zero-order valence-corrected chi connectivity index (χ0v) is 12.6. The molecule has 1 fully saturated rings. The molecule has 0 spiro atoms. The molecule has 4 heteroatoms. The van der Waals surface area contributed by atoms with E-state index >= 15 is 0 Å². The molecule has 1 aromatic carbocycles. The van der Waals surface area contributed by atoms with E-state index < -0.39 is 6.04 Å². The molecule has 4 nitrogen and oxygen atoms in total. The van der Waals surface area contributed by atoms with E-state index in [9.17, 15) is 9.59 Å². The summed E-state index contributed by atoms with van der Waals surface area (Å²) < 4.78 is 0. The van der Waals surface area contributed by atoms with Crippen LogP contribution < -0.4 is 5.32 Å². The van der Waals surface area contributed by atoms with Crippen LogP contribution in [0.2, 0.25) is 0 Å². The predicted molar refractivity (Wildman–Crippen MR) is 78.1 cm³/mol. The van der Waals surface area contributed by atoms with Gasteiger partial charge in [0.25, 0.3) is 0 Å². The van der Waals surface area contributed by atoms with Gasteiger partial charge < -0.3 is 10.2 Å². The van der Waals surface area contributed by atoms with Gasteiger partial charge in [-0.3, -0.25) is 9.59 Å². The van der Waals surface area contributed by atoms with E-state index in [-0.39, 0.29) is 17.9 Å². The first-order valence-corrected chi connectivity index (χ1v) is 7.04. The summed E-state index contributed by atoms with van der Waals surface area (Å²) >= 11 is 0. The number of nitrogens with one attached hydrogen (secondary N) is 1.